The number of nitrogens with one attached hydrogen (secondary N) is 1. The van der Waals surface area contributed by atoms with E-state index in [0.717, 1.165) is 37.6 Å². The average molecular weight is 388 g/mol. The Morgan fingerprint density at radius 1 is 1.14 bits per heavy atom. The molecule has 1 N–H and O–H groups in total. The van der Waals surface area contributed by atoms with Gasteiger partial charge in [0.15, 0.2) is 24.5 Å². The Balaban J connectivity index is 1.41. The number of para-hydroxylation sites is 1. The Labute approximate surface area is 162 Å². The number of carbonyl (C=O) groups is 2. The van der Waals surface area contributed by atoms with E-state index in [0.29, 0.717) is 24.1 Å². The van der Waals surface area contributed by atoms with E-state index in [1.54, 1.807) is 30.3 Å². The van der Waals surface area contributed by atoms with Gasteiger partial charge in [0, 0.05) is 25.7 Å². The van der Waals surface area contributed by atoms with Crippen molar-refractivity contribution in [2.24, 2.45) is 0 Å². The van der Waals surface area contributed by atoms with Gasteiger partial charge in [-0.3, -0.25) is 14.5 Å². The minimum Gasteiger partial charge on any atom is -0.483 e. The number of piperidine rings is 1. The smallest absolute Gasteiger partial charge is 0.258 e. The molecule has 1 aliphatic heterocycles. The number of rotatable bonds is 7. The second-order valence-corrected chi connectivity index (χ2v) is 6.81. The largest absolute Gasteiger partial charge is 0.483 e. The second kappa shape index (κ2) is 9.41. The van der Waals surface area contributed by atoms with Gasteiger partial charge in [-0.2, -0.15) is 0 Å². The summed E-state index contributed by atoms with van der Waals surface area (Å²) in [6, 6.07) is 10.7. The molecule has 0 atom stereocenters. The molecule has 0 radical (unpaired) electrons. The number of halogens is 2. The number of ether oxygens (including phenoxy) is 1. The average Bonchev–Trinajstić information content (AvgIpc) is 2.71. The number of hydrogen-bond donors (Lipinski definition) is 1. The molecule has 7 heteroatoms. The van der Waals surface area contributed by atoms with Gasteiger partial charge < -0.3 is 10.1 Å². The summed E-state index contributed by atoms with van der Waals surface area (Å²) in [5.41, 5.74) is 1.13. The maximum Gasteiger partial charge on any atom is 0.258 e. The zero-order valence-corrected chi connectivity index (χ0v) is 15.4. The Bertz CT molecular complexity index is 836. The number of benzene rings is 2. The number of likely N-dealkylation sites (tertiary alicyclic amines) is 1. The maximum atomic E-state index is 13.3. The Hall–Kier alpha value is -2.80. The molecule has 2 aromatic rings. The first-order chi connectivity index (χ1) is 13.5. The van der Waals surface area contributed by atoms with Crippen LogP contribution in [0.15, 0.2) is 42.5 Å². The van der Waals surface area contributed by atoms with Crippen LogP contribution in [0.1, 0.15) is 28.8 Å². The summed E-state index contributed by atoms with van der Waals surface area (Å²) in [7, 11) is 0. The fourth-order valence-corrected chi connectivity index (χ4v) is 3.25. The van der Waals surface area contributed by atoms with E-state index < -0.39 is 11.6 Å². The van der Waals surface area contributed by atoms with Crippen molar-refractivity contribution in [2.45, 2.75) is 25.4 Å². The summed E-state index contributed by atoms with van der Waals surface area (Å²) in [5, 5.41) is 2.94. The van der Waals surface area contributed by atoms with Gasteiger partial charge >= 0.3 is 0 Å². The van der Waals surface area contributed by atoms with E-state index in [2.05, 4.69) is 10.2 Å². The molecule has 0 aliphatic carbocycles. The second-order valence-electron chi connectivity index (χ2n) is 6.81. The zero-order valence-electron chi connectivity index (χ0n) is 15.4. The first-order valence-corrected chi connectivity index (χ1v) is 9.18. The molecule has 1 aliphatic rings. The van der Waals surface area contributed by atoms with E-state index in [1.165, 1.54) is 6.07 Å². The van der Waals surface area contributed by atoms with Crippen molar-refractivity contribution < 1.29 is 23.1 Å². The Kier molecular flexibility index (Phi) is 6.71. The molecule has 0 saturated carbocycles. The topological polar surface area (TPSA) is 58.6 Å². The first-order valence-electron chi connectivity index (χ1n) is 9.18. The van der Waals surface area contributed by atoms with E-state index in [9.17, 15) is 18.4 Å². The van der Waals surface area contributed by atoms with E-state index >= 15 is 0 Å². The van der Waals surface area contributed by atoms with Crippen molar-refractivity contribution in [2.75, 3.05) is 19.7 Å². The summed E-state index contributed by atoms with van der Waals surface area (Å²) in [6.45, 7) is 1.89. The lowest BCUT2D eigenvalue weighted by atomic mass is 10.0. The Morgan fingerprint density at radius 2 is 1.89 bits per heavy atom. The zero-order chi connectivity index (χ0) is 19.9. The van der Waals surface area contributed by atoms with Gasteiger partial charge in [-0.05, 0) is 42.7 Å². The van der Waals surface area contributed by atoms with Gasteiger partial charge in [0.1, 0.15) is 5.75 Å². The number of carbonyl (C=O) groups excluding carboxylic acids is 2. The summed E-state index contributed by atoms with van der Waals surface area (Å²) in [5.74, 6) is -1.53. The molecule has 1 heterocycles. The normalized spacial score (nSPS) is 15.2. The van der Waals surface area contributed by atoms with Crippen LogP contribution < -0.4 is 10.1 Å². The molecule has 1 saturated heterocycles. The Morgan fingerprint density at radius 3 is 2.61 bits per heavy atom. The molecule has 5 nitrogen and oxygen atoms in total. The highest BCUT2D eigenvalue weighted by Crippen LogP contribution is 2.17. The van der Waals surface area contributed by atoms with Gasteiger partial charge in [-0.15, -0.1) is 0 Å². The maximum absolute atomic E-state index is 13.3. The van der Waals surface area contributed by atoms with Crippen molar-refractivity contribution in [1.29, 1.82) is 0 Å². The van der Waals surface area contributed by atoms with Crippen LogP contribution in [-0.2, 0) is 11.3 Å². The van der Waals surface area contributed by atoms with Gasteiger partial charge in [0.2, 0.25) is 0 Å². The van der Waals surface area contributed by atoms with Crippen LogP contribution in [0.2, 0.25) is 0 Å². The molecular formula is C21H22F2N2O3. The van der Waals surface area contributed by atoms with Crippen LogP contribution in [0.5, 0.6) is 5.75 Å². The lowest BCUT2D eigenvalue weighted by Gasteiger charge is -2.32. The summed E-state index contributed by atoms with van der Waals surface area (Å²) in [6.07, 6.45) is 2.22. The summed E-state index contributed by atoms with van der Waals surface area (Å²) >= 11 is 0. The fraction of sp³-hybridized carbons (Fsp3) is 0.333. The summed E-state index contributed by atoms with van der Waals surface area (Å²) in [4.78, 5) is 25.2. The molecule has 0 bridgehead atoms. The number of amides is 1. The van der Waals surface area contributed by atoms with Crippen molar-refractivity contribution in [3.8, 4) is 5.75 Å². The van der Waals surface area contributed by atoms with Crippen molar-refractivity contribution >= 4 is 12.2 Å². The monoisotopic (exact) mass is 388 g/mol. The lowest BCUT2D eigenvalue weighted by Crippen LogP contribution is -2.45. The minimum atomic E-state index is -0.844. The van der Waals surface area contributed by atoms with Crippen LogP contribution in [0.3, 0.4) is 0 Å². The molecule has 1 amide bonds. The molecule has 2 aromatic carbocycles. The molecule has 0 aromatic heterocycles. The standard InChI is InChI=1S/C21H22F2N2O3/c22-18-6-5-15(11-19(18)23)12-25-9-7-17(8-10-25)24-21(27)14-28-20-4-2-1-3-16(20)13-26/h1-6,11,13,17H,7-10,12,14H2,(H,24,27). The van der Waals surface area contributed by atoms with Crippen LogP contribution in [0.25, 0.3) is 0 Å². The van der Waals surface area contributed by atoms with Gasteiger partial charge in [-0.25, -0.2) is 8.78 Å². The molecule has 0 spiro atoms. The lowest BCUT2D eigenvalue weighted by molar-refractivity contribution is -0.124. The van der Waals surface area contributed by atoms with Gasteiger partial charge in [0.05, 0.1) is 5.56 Å². The highest BCUT2D eigenvalue weighted by Gasteiger charge is 2.21. The summed E-state index contributed by atoms with van der Waals surface area (Å²) < 4.78 is 31.7. The third-order valence-corrected chi connectivity index (χ3v) is 4.75. The highest BCUT2D eigenvalue weighted by molar-refractivity contribution is 5.80. The van der Waals surface area contributed by atoms with Crippen molar-refractivity contribution in [3.05, 3.63) is 65.2 Å². The first kappa shape index (κ1) is 19.9. The van der Waals surface area contributed by atoms with Crippen LogP contribution in [-0.4, -0.2) is 42.8 Å². The molecule has 1 fully saturated rings. The van der Waals surface area contributed by atoms with Gasteiger partial charge in [0.25, 0.3) is 5.91 Å². The van der Waals surface area contributed by atoms with E-state index in [1.807, 2.05) is 0 Å². The molecule has 3 rings (SSSR count). The van der Waals surface area contributed by atoms with Crippen LogP contribution in [0.4, 0.5) is 8.78 Å². The predicted molar refractivity (Wildman–Crippen MR) is 100 cm³/mol. The number of nitrogens with zero attached hydrogens (tertiary/aromatic N) is 1. The number of hydrogen-bond acceptors (Lipinski definition) is 4. The molecule has 28 heavy (non-hydrogen) atoms. The molecular weight excluding hydrogens is 366 g/mol. The van der Waals surface area contributed by atoms with Crippen LogP contribution >= 0.6 is 0 Å². The van der Waals surface area contributed by atoms with Crippen LogP contribution in [0, 0.1) is 11.6 Å². The quantitative estimate of drug-likeness (QED) is 0.741. The van der Waals surface area contributed by atoms with Crippen molar-refractivity contribution in [1.82, 2.24) is 10.2 Å². The van der Waals surface area contributed by atoms with E-state index in [4.69, 9.17) is 4.74 Å². The number of aldehydes is 1. The third-order valence-electron chi connectivity index (χ3n) is 4.75. The van der Waals surface area contributed by atoms with Gasteiger partial charge in [-0.1, -0.05) is 18.2 Å². The predicted octanol–water partition coefficient (Wildman–Crippen LogP) is 2.94. The van der Waals surface area contributed by atoms with E-state index in [-0.39, 0.29) is 18.6 Å². The highest BCUT2D eigenvalue weighted by atomic mass is 19.2. The molecule has 0 unspecified atom stereocenters. The van der Waals surface area contributed by atoms with Crippen molar-refractivity contribution in [3.63, 3.8) is 0 Å². The fourth-order valence-electron chi connectivity index (χ4n) is 3.25. The molecule has 148 valence electrons. The third kappa shape index (κ3) is 5.36. The SMILES string of the molecule is O=Cc1ccccc1OCC(=O)NC1CCN(Cc2ccc(F)c(F)c2)CC1. The minimum absolute atomic E-state index is 0.0404.